The largest absolute Gasteiger partial charge is 0.466 e. The second kappa shape index (κ2) is 70.3. The minimum Gasteiger partial charge on any atom is -0.466 e. The van der Waals surface area contributed by atoms with E-state index in [1.165, 1.54) is 315 Å². The van der Waals surface area contributed by atoms with E-state index in [-0.39, 0.29) is 18.5 Å². The highest BCUT2D eigenvalue weighted by molar-refractivity contribution is 5.76. The van der Waals surface area contributed by atoms with Crippen molar-refractivity contribution in [1.29, 1.82) is 0 Å². The lowest BCUT2D eigenvalue weighted by Crippen LogP contribution is -2.45. The van der Waals surface area contributed by atoms with Crippen LogP contribution in [-0.2, 0) is 14.3 Å². The predicted octanol–water partition coefficient (Wildman–Crippen LogP) is 23.6. The van der Waals surface area contributed by atoms with E-state index in [9.17, 15) is 19.8 Å². The number of carbonyl (C=O) groups is 2. The van der Waals surface area contributed by atoms with Crippen LogP contribution in [0.1, 0.15) is 393 Å². The Labute approximate surface area is 506 Å². The monoisotopic (exact) mass is 1140 g/mol. The summed E-state index contributed by atoms with van der Waals surface area (Å²) in [5, 5.41) is 23.2. The number of ether oxygens (including phenoxy) is 1. The number of nitrogens with one attached hydrogen (secondary N) is 1. The SMILES string of the molecule is CCCCC/C=C\C/C=C\CCCCCCCCCCCC(=O)OCCCCCCCCCCCCCC/C=C\CCCCCCCCCCCC(=O)NC(CO)C(O)/C=C/CCCCCCCCCCCCCCCCCCCC. The number of hydrogen-bond donors (Lipinski definition) is 3. The summed E-state index contributed by atoms with van der Waals surface area (Å²) < 4.78 is 5.51. The highest BCUT2D eigenvalue weighted by Crippen LogP contribution is 2.18. The Balaban J connectivity index is 3.41. The van der Waals surface area contributed by atoms with Crippen LogP contribution in [-0.4, -0.2) is 47.4 Å². The molecule has 476 valence electrons. The van der Waals surface area contributed by atoms with Gasteiger partial charge in [0.1, 0.15) is 0 Å². The normalized spacial score (nSPS) is 12.8. The quantitative estimate of drug-likeness (QED) is 0.0320. The third-order valence-corrected chi connectivity index (χ3v) is 16.8. The lowest BCUT2D eigenvalue weighted by molar-refractivity contribution is -0.143. The molecule has 2 atom stereocenters. The van der Waals surface area contributed by atoms with E-state index in [2.05, 4.69) is 55.6 Å². The highest BCUT2D eigenvalue weighted by Gasteiger charge is 2.18. The molecule has 3 N–H and O–H groups in total. The van der Waals surface area contributed by atoms with Crippen molar-refractivity contribution in [3.8, 4) is 0 Å². The van der Waals surface area contributed by atoms with E-state index in [0.717, 1.165) is 51.4 Å². The maximum atomic E-state index is 12.5. The van der Waals surface area contributed by atoms with E-state index in [4.69, 9.17) is 4.74 Å². The molecule has 0 saturated heterocycles. The number of aliphatic hydroxyl groups excluding tert-OH is 2. The molecule has 0 heterocycles. The number of esters is 1. The molecule has 0 bridgehead atoms. The van der Waals surface area contributed by atoms with Crippen LogP contribution in [0, 0.1) is 0 Å². The van der Waals surface area contributed by atoms with Gasteiger partial charge in [-0.25, -0.2) is 0 Å². The van der Waals surface area contributed by atoms with Crippen molar-refractivity contribution in [2.75, 3.05) is 13.2 Å². The Kier molecular flexibility index (Phi) is 68.4. The van der Waals surface area contributed by atoms with Gasteiger partial charge in [0.15, 0.2) is 0 Å². The maximum Gasteiger partial charge on any atom is 0.305 e. The first kappa shape index (κ1) is 78.8. The second-order valence-corrected chi connectivity index (χ2v) is 24.9. The van der Waals surface area contributed by atoms with Crippen LogP contribution in [0.5, 0.6) is 0 Å². The van der Waals surface area contributed by atoms with Crippen molar-refractivity contribution in [2.45, 2.75) is 405 Å². The first-order chi connectivity index (χ1) is 40.0. The van der Waals surface area contributed by atoms with Crippen LogP contribution in [0.15, 0.2) is 48.6 Å². The molecule has 6 nitrogen and oxygen atoms in total. The maximum absolute atomic E-state index is 12.5. The Morgan fingerprint density at radius 1 is 0.346 bits per heavy atom. The standard InChI is InChI=1S/C75H141NO5/c1-3-5-7-9-11-13-15-17-19-21-23-32-35-39-43-47-51-55-59-63-67-73(78)72(71-77)76-74(79)68-64-60-56-52-48-44-40-36-33-29-27-25-24-26-28-30-34-38-42-46-50-54-58-62-66-70-81-75(80)69-65-61-57-53-49-45-41-37-31-22-20-18-16-14-12-10-8-6-4-2/h12,14,18,20,25,27,63,67,72-73,77-78H,3-11,13,15-17,19,21-24,26,28-62,64-66,68-71H2,1-2H3,(H,76,79)/b14-12-,20-18-,27-25-,67-63+. The molecule has 2 unspecified atom stereocenters. The molecule has 0 aromatic rings. The molecular weight excluding hydrogens is 995 g/mol. The van der Waals surface area contributed by atoms with Crippen LogP contribution in [0.25, 0.3) is 0 Å². The summed E-state index contributed by atoms with van der Waals surface area (Å²) in [6.07, 6.45) is 91.9. The summed E-state index contributed by atoms with van der Waals surface area (Å²) in [7, 11) is 0. The van der Waals surface area contributed by atoms with Crippen molar-refractivity contribution in [1.82, 2.24) is 5.32 Å². The minimum absolute atomic E-state index is 0.00959. The highest BCUT2D eigenvalue weighted by atomic mass is 16.5. The number of aliphatic hydroxyl groups is 2. The van der Waals surface area contributed by atoms with Crippen molar-refractivity contribution in [2.24, 2.45) is 0 Å². The van der Waals surface area contributed by atoms with Crippen LogP contribution in [0.2, 0.25) is 0 Å². The van der Waals surface area contributed by atoms with Gasteiger partial charge >= 0.3 is 5.97 Å². The molecule has 0 saturated carbocycles. The summed E-state index contributed by atoms with van der Waals surface area (Å²) in [6, 6.07) is -0.632. The molecule has 0 aromatic carbocycles. The smallest absolute Gasteiger partial charge is 0.305 e. The van der Waals surface area contributed by atoms with Gasteiger partial charge in [-0.05, 0) is 89.9 Å². The summed E-state index contributed by atoms with van der Waals surface area (Å²) in [5.41, 5.74) is 0. The third kappa shape index (κ3) is 66.8. The van der Waals surface area contributed by atoms with E-state index >= 15 is 0 Å². The molecule has 0 radical (unpaired) electrons. The molecular formula is C75H141NO5. The van der Waals surface area contributed by atoms with Gasteiger partial charge < -0.3 is 20.3 Å². The third-order valence-electron chi connectivity index (χ3n) is 16.8. The molecule has 0 rings (SSSR count). The summed E-state index contributed by atoms with van der Waals surface area (Å²) in [6.45, 7) is 4.91. The van der Waals surface area contributed by atoms with Gasteiger partial charge in [0.2, 0.25) is 5.91 Å². The fraction of sp³-hybridized carbons (Fsp3) is 0.867. The van der Waals surface area contributed by atoms with Gasteiger partial charge in [-0.2, -0.15) is 0 Å². The van der Waals surface area contributed by atoms with Gasteiger partial charge in [-0.1, -0.05) is 339 Å². The second-order valence-electron chi connectivity index (χ2n) is 24.9. The molecule has 0 aromatic heterocycles. The van der Waals surface area contributed by atoms with Gasteiger partial charge in [0, 0.05) is 12.8 Å². The molecule has 0 aliphatic rings. The zero-order valence-electron chi connectivity index (χ0n) is 54.5. The number of amides is 1. The zero-order chi connectivity index (χ0) is 58.5. The molecule has 0 spiro atoms. The van der Waals surface area contributed by atoms with Crippen molar-refractivity contribution < 1.29 is 24.5 Å². The predicted molar refractivity (Wildman–Crippen MR) is 356 cm³/mol. The van der Waals surface area contributed by atoms with Gasteiger partial charge in [-0.15, -0.1) is 0 Å². The van der Waals surface area contributed by atoms with Gasteiger partial charge in [0.25, 0.3) is 0 Å². The van der Waals surface area contributed by atoms with Gasteiger partial charge in [0.05, 0.1) is 25.4 Å². The number of hydrogen-bond acceptors (Lipinski definition) is 5. The topological polar surface area (TPSA) is 95.9 Å². The molecule has 0 aliphatic carbocycles. The van der Waals surface area contributed by atoms with Crippen LogP contribution in [0.3, 0.4) is 0 Å². The van der Waals surface area contributed by atoms with Crippen LogP contribution >= 0.6 is 0 Å². The van der Waals surface area contributed by atoms with Crippen molar-refractivity contribution in [3.05, 3.63) is 48.6 Å². The van der Waals surface area contributed by atoms with E-state index in [0.29, 0.717) is 19.4 Å². The summed E-state index contributed by atoms with van der Waals surface area (Å²) >= 11 is 0. The first-order valence-electron chi connectivity index (χ1n) is 36.4. The van der Waals surface area contributed by atoms with Crippen LogP contribution in [0.4, 0.5) is 0 Å². The average molecular weight is 1140 g/mol. The van der Waals surface area contributed by atoms with Crippen LogP contribution < -0.4 is 5.32 Å². The Hall–Kier alpha value is -2.18. The van der Waals surface area contributed by atoms with Crippen molar-refractivity contribution in [3.63, 3.8) is 0 Å². The molecule has 0 fully saturated rings. The van der Waals surface area contributed by atoms with Crippen molar-refractivity contribution >= 4 is 11.9 Å². The lowest BCUT2D eigenvalue weighted by atomic mass is 10.0. The van der Waals surface area contributed by atoms with E-state index in [1.807, 2.05) is 6.08 Å². The van der Waals surface area contributed by atoms with Gasteiger partial charge in [-0.3, -0.25) is 9.59 Å². The first-order valence-corrected chi connectivity index (χ1v) is 36.4. The fourth-order valence-electron chi connectivity index (χ4n) is 11.3. The fourth-order valence-corrected chi connectivity index (χ4v) is 11.3. The van der Waals surface area contributed by atoms with E-state index in [1.54, 1.807) is 6.08 Å². The Morgan fingerprint density at radius 3 is 0.975 bits per heavy atom. The average Bonchev–Trinajstić information content (AvgIpc) is 3.47. The summed E-state index contributed by atoms with van der Waals surface area (Å²) in [4.78, 5) is 24.6. The Bertz CT molecular complexity index is 1360. The Morgan fingerprint density at radius 2 is 0.617 bits per heavy atom. The lowest BCUT2D eigenvalue weighted by Gasteiger charge is -2.20. The zero-order valence-corrected chi connectivity index (χ0v) is 54.5. The minimum atomic E-state index is -0.848. The number of allylic oxidation sites excluding steroid dienone is 7. The van der Waals surface area contributed by atoms with E-state index < -0.39 is 12.1 Å². The number of unbranched alkanes of at least 4 members (excludes halogenated alkanes) is 51. The molecule has 1 amide bonds. The number of carbonyl (C=O) groups excluding carboxylic acids is 2. The number of rotatable bonds is 68. The molecule has 6 heteroatoms. The molecule has 81 heavy (non-hydrogen) atoms. The molecule has 0 aliphatic heterocycles. The summed E-state index contributed by atoms with van der Waals surface area (Å²) in [5.74, 6) is -0.0584.